The molecule has 0 aromatic carbocycles. The van der Waals surface area contributed by atoms with E-state index >= 15 is 0 Å². The molecule has 3 heterocycles. The third-order valence-corrected chi connectivity index (χ3v) is 5.18. The number of hydrogen-bond donors (Lipinski definition) is 1. The summed E-state index contributed by atoms with van der Waals surface area (Å²) < 4.78 is 41.5. The van der Waals surface area contributed by atoms with Gasteiger partial charge in [-0.15, -0.1) is 0 Å². The Bertz CT molecular complexity index is 771. The van der Waals surface area contributed by atoms with E-state index in [4.69, 9.17) is 0 Å². The monoisotopic (exact) mass is 336 g/mol. The van der Waals surface area contributed by atoms with Crippen molar-refractivity contribution in [2.24, 2.45) is 11.8 Å². The average Bonchev–Trinajstić information content (AvgIpc) is 2.93. The van der Waals surface area contributed by atoms with Gasteiger partial charge in [-0.1, -0.05) is 6.92 Å². The number of rotatable bonds is 3. The molecule has 128 valence electrons. The second-order valence-electron chi connectivity index (χ2n) is 6.63. The predicted molar refractivity (Wildman–Crippen MR) is 83.5 cm³/mol. The number of fused-ring (bicyclic) bond motifs is 1. The Hall–Kier alpha value is -1.89. The van der Waals surface area contributed by atoms with E-state index in [-0.39, 0.29) is 5.69 Å². The largest absolute Gasteiger partial charge is 0.418 e. The van der Waals surface area contributed by atoms with Gasteiger partial charge in [0.25, 0.3) is 0 Å². The maximum absolute atomic E-state index is 13.1. The number of nitrogens with zero attached hydrogens (tertiary/aromatic N) is 3. The molecule has 4 nitrogen and oxygen atoms in total. The molecule has 0 amide bonds. The minimum Gasteiger partial charge on any atom is -0.331 e. The summed E-state index contributed by atoms with van der Waals surface area (Å²) in [4.78, 5) is 8.50. The summed E-state index contributed by atoms with van der Waals surface area (Å²) in [6, 6.07) is 1.59. The van der Waals surface area contributed by atoms with E-state index < -0.39 is 11.7 Å². The zero-order chi connectivity index (χ0) is 17.1. The van der Waals surface area contributed by atoms with Crippen LogP contribution in [0.5, 0.6) is 0 Å². The van der Waals surface area contributed by atoms with Gasteiger partial charge >= 0.3 is 6.18 Å². The van der Waals surface area contributed by atoms with E-state index in [1.165, 1.54) is 13.1 Å². The summed E-state index contributed by atoms with van der Waals surface area (Å²) in [5.41, 5.74) is 0.289. The van der Waals surface area contributed by atoms with Crippen molar-refractivity contribution in [1.82, 2.24) is 19.9 Å². The third-order valence-electron chi connectivity index (χ3n) is 5.18. The van der Waals surface area contributed by atoms with Crippen molar-refractivity contribution in [2.75, 3.05) is 13.1 Å². The van der Waals surface area contributed by atoms with Gasteiger partial charge in [0.05, 0.1) is 11.3 Å². The molecular weight excluding hydrogens is 317 g/mol. The van der Waals surface area contributed by atoms with E-state index in [2.05, 4.69) is 19.9 Å². The number of halogens is 3. The van der Waals surface area contributed by atoms with Gasteiger partial charge in [-0.2, -0.15) is 13.2 Å². The number of aryl methyl sites for hydroxylation is 2. The van der Waals surface area contributed by atoms with Crippen LogP contribution in [0.15, 0.2) is 18.5 Å². The van der Waals surface area contributed by atoms with Gasteiger partial charge < -0.3 is 9.88 Å². The van der Waals surface area contributed by atoms with Crippen molar-refractivity contribution in [3.05, 3.63) is 35.5 Å². The van der Waals surface area contributed by atoms with E-state index in [1.54, 1.807) is 0 Å². The van der Waals surface area contributed by atoms with Crippen molar-refractivity contribution >= 4 is 0 Å². The maximum Gasteiger partial charge on any atom is 0.418 e. The Morgan fingerprint density at radius 3 is 2.62 bits per heavy atom. The second kappa shape index (κ2) is 5.31. The molecule has 2 aromatic heterocycles. The standard InChI is InChI=1S/C17H19F3N4/c1-3-15-23-14(8-24(15)16-11-6-21-7-12(11)16)10-4-13(17(18,19)20)9(2)22-5-10/h4-5,8,11-12,16,21H,3,6-7H2,1-2H3/t11-,12+,16+. The van der Waals surface area contributed by atoms with E-state index in [9.17, 15) is 13.2 Å². The minimum atomic E-state index is -4.40. The quantitative estimate of drug-likeness (QED) is 0.936. The van der Waals surface area contributed by atoms with Gasteiger partial charge in [0.15, 0.2) is 0 Å². The lowest BCUT2D eigenvalue weighted by atomic mass is 10.1. The predicted octanol–water partition coefficient (Wildman–Crippen LogP) is 3.23. The van der Waals surface area contributed by atoms with Gasteiger partial charge in [-0.05, 0) is 24.8 Å². The Morgan fingerprint density at radius 1 is 1.29 bits per heavy atom. The molecule has 24 heavy (non-hydrogen) atoms. The van der Waals surface area contributed by atoms with Crippen molar-refractivity contribution < 1.29 is 13.2 Å². The molecule has 0 unspecified atom stereocenters. The first-order chi connectivity index (χ1) is 11.4. The maximum atomic E-state index is 13.1. The molecule has 2 aromatic rings. The molecule has 0 spiro atoms. The Balaban J connectivity index is 1.71. The number of alkyl halides is 3. The molecule has 1 N–H and O–H groups in total. The summed E-state index contributed by atoms with van der Waals surface area (Å²) >= 11 is 0. The zero-order valence-electron chi connectivity index (χ0n) is 13.6. The molecule has 0 bridgehead atoms. The topological polar surface area (TPSA) is 42.7 Å². The van der Waals surface area contributed by atoms with Gasteiger partial charge in [-0.25, -0.2) is 4.98 Å². The lowest BCUT2D eigenvalue weighted by Gasteiger charge is -2.10. The van der Waals surface area contributed by atoms with Crippen molar-refractivity contribution in [2.45, 2.75) is 32.5 Å². The zero-order valence-corrected chi connectivity index (χ0v) is 13.6. The van der Waals surface area contributed by atoms with Gasteiger partial charge in [-0.3, -0.25) is 4.98 Å². The smallest absolute Gasteiger partial charge is 0.331 e. The number of piperidine rings is 1. The summed E-state index contributed by atoms with van der Waals surface area (Å²) in [7, 11) is 0. The highest BCUT2D eigenvalue weighted by molar-refractivity contribution is 5.59. The Kier molecular flexibility index (Phi) is 3.46. The van der Waals surface area contributed by atoms with Crippen LogP contribution in [0.4, 0.5) is 13.2 Å². The third kappa shape index (κ3) is 2.42. The van der Waals surface area contributed by atoms with Crippen LogP contribution in [-0.2, 0) is 12.6 Å². The van der Waals surface area contributed by atoms with Gasteiger partial charge in [0.1, 0.15) is 5.82 Å². The van der Waals surface area contributed by atoms with Crippen LogP contribution in [0.2, 0.25) is 0 Å². The van der Waals surface area contributed by atoms with Crippen LogP contribution in [0.3, 0.4) is 0 Å². The fraction of sp³-hybridized carbons (Fsp3) is 0.529. The van der Waals surface area contributed by atoms with Crippen LogP contribution in [0.25, 0.3) is 11.3 Å². The van der Waals surface area contributed by atoms with Crippen molar-refractivity contribution in [1.29, 1.82) is 0 Å². The lowest BCUT2D eigenvalue weighted by Crippen LogP contribution is -2.17. The number of imidazole rings is 1. The molecule has 2 fully saturated rings. The molecule has 2 aliphatic rings. The molecule has 0 radical (unpaired) electrons. The number of aromatic nitrogens is 3. The van der Waals surface area contributed by atoms with E-state index in [0.29, 0.717) is 29.1 Å². The minimum absolute atomic E-state index is 0.0100. The van der Waals surface area contributed by atoms with Crippen LogP contribution in [-0.4, -0.2) is 27.6 Å². The highest BCUT2D eigenvalue weighted by Gasteiger charge is 2.54. The Morgan fingerprint density at radius 2 is 2.00 bits per heavy atom. The molecule has 1 saturated carbocycles. The average molecular weight is 336 g/mol. The first kappa shape index (κ1) is 15.6. The molecule has 1 saturated heterocycles. The lowest BCUT2D eigenvalue weighted by molar-refractivity contribution is -0.138. The fourth-order valence-corrected chi connectivity index (χ4v) is 3.85. The molecule has 1 aliphatic carbocycles. The molecule has 4 rings (SSSR count). The fourth-order valence-electron chi connectivity index (χ4n) is 3.85. The van der Waals surface area contributed by atoms with Crippen LogP contribution < -0.4 is 5.32 Å². The number of pyridine rings is 1. The summed E-state index contributed by atoms with van der Waals surface area (Å²) in [6.07, 6.45) is -0.266. The molecular formula is C17H19F3N4. The van der Waals surface area contributed by atoms with Crippen molar-refractivity contribution in [3.63, 3.8) is 0 Å². The molecule has 1 aliphatic heterocycles. The van der Waals surface area contributed by atoms with Crippen LogP contribution in [0.1, 0.15) is 30.0 Å². The first-order valence-electron chi connectivity index (χ1n) is 8.22. The highest BCUT2D eigenvalue weighted by Crippen LogP contribution is 2.53. The summed E-state index contributed by atoms with van der Waals surface area (Å²) in [6.45, 7) is 5.42. The first-order valence-corrected chi connectivity index (χ1v) is 8.22. The van der Waals surface area contributed by atoms with Gasteiger partial charge in [0, 0.05) is 49.2 Å². The Labute approximate surface area is 138 Å². The summed E-state index contributed by atoms with van der Waals surface area (Å²) in [5.74, 6) is 2.18. The number of nitrogens with one attached hydrogen (secondary N) is 1. The van der Waals surface area contributed by atoms with Gasteiger partial charge in [0.2, 0.25) is 0 Å². The van der Waals surface area contributed by atoms with Crippen LogP contribution >= 0.6 is 0 Å². The SMILES string of the molecule is CCc1nc(-c2cnc(C)c(C(F)(F)F)c2)cn1[C@H]1[C@@H]2CNC[C@@H]21. The van der Waals surface area contributed by atoms with E-state index in [0.717, 1.165) is 31.4 Å². The highest BCUT2D eigenvalue weighted by atomic mass is 19.4. The van der Waals surface area contributed by atoms with Crippen molar-refractivity contribution in [3.8, 4) is 11.3 Å². The number of hydrogen-bond acceptors (Lipinski definition) is 3. The molecule has 7 heteroatoms. The van der Waals surface area contributed by atoms with Crippen LogP contribution in [0, 0.1) is 18.8 Å². The van der Waals surface area contributed by atoms with E-state index in [1.807, 2.05) is 13.1 Å². The summed E-state index contributed by atoms with van der Waals surface area (Å²) in [5, 5.41) is 3.36. The molecule has 3 atom stereocenters. The second-order valence-corrected chi connectivity index (χ2v) is 6.63. The normalized spacial score (nSPS) is 25.8.